The Morgan fingerprint density at radius 1 is 0.828 bits per heavy atom. The van der Waals surface area contributed by atoms with Gasteiger partial charge in [-0.2, -0.15) is 0 Å². The van der Waals surface area contributed by atoms with Crippen LogP contribution in [0, 0.1) is 17.2 Å². The van der Waals surface area contributed by atoms with Gasteiger partial charge in [-0.25, -0.2) is 4.39 Å². The Labute approximate surface area is 192 Å². The molecule has 180 valence electrons. The zero-order chi connectivity index (χ0) is 24.9. The molecule has 0 amide bonds. The molecule has 2 heteroatoms. The van der Waals surface area contributed by atoms with Crippen LogP contribution in [0.2, 0.25) is 5.02 Å². The number of hydrogen-bond acceptors (Lipinski definition) is 0. The summed E-state index contributed by atoms with van der Waals surface area (Å²) in [4.78, 5) is 0. The molecular formula is C27H58ClF. The number of benzene rings is 1. The van der Waals surface area contributed by atoms with E-state index in [4.69, 9.17) is 11.6 Å². The summed E-state index contributed by atoms with van der Waals surface area (Å²) in [6, 6.07) is 6.12. The van der Waals surface area contributed by atoms with Crippen LogP contribution >= 0.6 is 11.6 Å². The highest BCUT2D eigenvalue weighted by Crippen LogP contribution is 2.11. The highest BCUT2D eigenvalue weighted by molar-refractivity contribution is 6.30. The Morgan fingerprint density at radius 2 is 1.14 bits per heavy atom. The first-order valence-corrected chi connectivity index (χ1v) is 12.3. The largest absolute Gasteiger partial charge is 0.205 e. The van der Waals surface area contributed by atoms with Gasteiger partial charge in [0.25, 0.3) is 0 Å². The first-order valence-electron chi connectivity index (χ1n) is 11.9. The van der Waals surface area contributed by atoms with Crippen molar-refractivity contribution in [2.24, 2.45) is 11.3 Å². The van der Waals surface area contributed by atoms with Gasteiger partial charge < -0.3 is 0 Å². The van der Waals surface area contributed by atoms with Crippen LogP contribution in [0.15, 0.2) is 24.3 Å². The molecule has 1 aromatic carbocycles. The maximum atomic E-state index is 12.2. The average molecular weight is 437 g/mol. The normalized spacial score (nSPS) is 8.34. The minimum Gasteiger partial charge on any atom is -0.205 e. The summed E-state index contributed by atoms with van der Waals surface area (Å²) in [5.41, 5.74) is 0.500. The fraction of sp³-hybridized carbons (Fsp3) is 0.778. The van der Waals surface area contributed by atoms with Crippen LogP contribution in [0.3, 0.4) is 0 Å². The minimum atomic E-state index is -0.367. The maximum Gasteiger partial charge on any atom is 0.141 e. The van der Waals surface area contributed by atoms with E-state index in [1.54, 1.807) is 12.1 Å². The molecule has 0 fully saturated rings. The number of hydrogen-bond donors (Lipinski definition) is 0. The van der Waals surface area contributed by atoms with E-state index in [1.165, 1.54) is 37.8 Å². The van der Waals surface area contributed by atoms with Crippen molar-refractivity contribution < 1.29 is 4.39 Å². The number of unbranched alkanes of at least 4 members (excludes halogenated alkanes) is 1. The van der Waals surface area contributed by atoms with Crippen molar-refractivity contribution in [2.75, 3.05) is 0 Å². The monoisotopic (exact) mass is 436 g/mol. The lowest BCUT2D eigenvalue weighted by Gasteiger charge is -2.05. The molecule has 0 nitrogen and oxygen atoms in total. The Kier molecular flexibility index (Phi) is 55.9. The predicted octanol–water partition coefficient (Wildman–Crippen LogP) is 11.9. The Bertz CT molecular complexity index is 314. The first-order chi connectivity index (χ1) is 13.5. The zero-order valence-corrected chi connectivity index (χ0v) is 23.7. The highest BCUT2D eigenvalue weighted by atomic mass is 35.5. The van der Waals surface area contributed by atoms with E-state index in [0.29, 0.717) is 5.41 Å². The molecule has 0 saturated heterocycles. The van der Waals surface area contributed by atoms with E-state index in [2.05, 4.69) is 62.3 Å². The van der Waals surface area contributed by atoms with Gasteiger partial charge in [0.05, 0.1) is 5.02 Å². The van der Waals surface area contributed by atoms with Gasteiger partial charge in [-0.05, 0) is 23.5 Å². The quantitative estimate of drug-likeness (QED) is 0.441. The molecule has 1 rings (SSSR count). The zero-order valence-electron chi connectivity index (χ0n) is 23.0. The summed E-state index contributed by atoms with van der Waals surface area (Å²) >= 11 is 5.33. The third-order valence-electron chi connectivity index (χ3n) is 1.96. The number of rotatable bonds is 3. The molecule has 0 bridgehead atoms. The summed E-state index contributed by atoms with van der Waals surface area (Å²) in [7, 11) is 0. The second kappa shape index (κ2) is 38.1. The molecule has 0 aliphatic rings. The lowest BCUT2D eigenvalue weighted by molar-refractivity contribution is 0.469. The molecule has 0 atom stereocenters. The molecule has 29 heavy (non-hydrogen) atoms. The molecule has 0 saturated carbocycles. The third-order valence-corrected chi connectivity index (χ3v) is 2.27. The van der Waals surface area contributed by atoms with E-state index in [0.717, 1.165) is 5.92 Å². The number of halogens is 2. The van der Waals surface area contributed by atoms with Gasteiger partial charge in [0.1, 0.15) is 5.82 Å². The fourth-order valence-corrected chi connectivity index (χ4v) is 1.19. The molecular weight excluding hydrogens is 379 g/mol. The van der Waals surface area contributed by atoms with Crippen molar-refractivity contribution in [2.45, 2.75) is 130 Å². The van der Waals surface area contributed by atoms with Gasteiger partial charge >= 0.3 is 0 Å². The molecule has 0 unspecified atom stereocenters. The van der Waals surface area contributed by atoms with Crippen LogP contribution in [0.4, 0.5) is 4.39 Å². The van der Waals surface area contributed by atoms with E-state index >= 15 is 0 Å². The van der Waals surface area contributed by atoms with Crippen LogP contribution < -0.4 is 0 Å². The fourth-order valence-electron chi connectivity index (χ4n) is 1.05. The first kappa shape index (κ1) is 42.5. The molecule has 0 spiro atoms. The minimum absolute atomic E-state index is 0.174. The van der Waals surface area contributed by atoms with Crippen molar-refractivity contribution in [3.63, 3.8) is 0 Å². The van der Waals surface area contributed by atoms with E-state index in [-0.39, 0.29) is 10.8 Å². The maximum absolute atomic E-state index is 12.2. The van der Waals surface area contributed by atoms with Crippen molar-refractivity contribution in [3.05, 3.63) is 35.1 Å². The SMILES string of the molecule is CC.CC.CC.CC(C)(C)C.CCC.CCCCC(C)C.Fc1ccccc1Cl. The van der Waals surface area contributed by atoms with E-state index in [1.807, 2.05) is 41.5 Å². The summed E-state index contributed by atoms with van der Waals surface area (Å²) in [6.45, 7) is 31.8. The van der Waals surface area contributed by atoms with Crippen molar-refractivity contribution in [3.8, 4) is 0 Å². The summed E-state index contributed by atoms with van der Waals surface area (Å²) in [6.07, 6.45) is 5.40. The summed E-state index contributed by atoms with van der Waals surface area (Å²) < 4.78 is 12.2. The molecule has 0 aliphatic heterocycles. The Hall–Kier alpha value is -0.560. The molecule has 0 aromatic heterocycles. The molecule has 0 N–H and O–H groups in total. The van der Waals surface area contributed by atoms with Crippen molar-refractivity contribution in [1.29, 1.82) is 0 Å². The smallest absolute Gasteiger partial charge is 0.141 e. The van der Waals surface area contributed by atoms with Gasteiger partial charge in [-0.15, -0.1) is 0 Å². The van der Waals surface area contributed by atoms with Crippen LogP contribution in [-0.2, 0) is 0 Å². The molecule has 1 aromatic rings. The summed E-state index contributed by atoms with van der Waals surface area (Å²) in [5, 5.41) is 0.174. The Morgan fingerprint density at radius 3 is 1.28 bits per heavy atom. The predicted molar refractivity (Wildman–Crippen MR) is 141 cm³/mol. The highest BCUT2D eigenvalue weighted by Gasteiger charge is 1.95. The average Bonchev–Trinajstić information content (AvgIpc) is 2.67. The molecule has 0 heterocycles. The van der Waals surface area contributed by atoms with Crippen LogP contribution in [0.25, 0.3) is 0 Å². The molecule has 0 radical (unpaired) electrons. The van der Waals surface area contributed by atoms with Gasteiger partial charge in [0.15, 0.2) is 0 Å². The Balaban J connectivity index is -0.0000000580. The van der Waals surface area contributed by atoms with Crippen LogP contribution in [0.1, 0.15) is 130 Å². The lowest BCUT2D eigenvalue weighted by Crippen LogP contribution is -1.93. The van der Waals surface area contributed by atoms with Crippen LogP contribution in [0.5, 0.6) is 0 Å². The van der Waals surface area contributed by atoms with Crippen LogP contribution in [-0.4, -0.2) is 0 Å². The van der Waals surface area contributed by atoms with E-state index in [9.17, 15) is 4.39 Å². The topological polar surface area (TPSA) is 0 Å². The van der Waals surface area contributed by atoms with Gasteiger partial charge in [-0.1, -0.05) is 153 Å². The van der Waals surface area contributed by atoms with E-state index < -0.39 is 0 Å². The standard InChI is InChI=1S/C7H16.C6H4ClF.C5H12.C3H8.3C2H6/c1-4-5-6-7(2)3;7-5-3-1-2-4-6(5)8;1-5(2,3)4;1-3-2;3*1-2/h7H,4-6H2,1-3H3;1-4H;1-4H3;3H2,1-2H3;3*1-2H3. The second-order valence-electron chi connectivity index (χ2n) is 7.66. The van der Waals surface area contributed by atoms with Gasteiger partial charge in [0, 0.05) is 0 Å². The van der Waals surface area contributed by atoms with Crippen molar-refractivity contribution in [1.82, 2.24) is 0 Å². The third kappa shape index (κ3) is 85.2. The van der Waals surface area contributed by atoms with Gasteiger partial charge in [-0.3, -0.25) is 0 Å². The second-order valence-corrected chi connectivity index (χ2v) is 8.06. The molecule has 0 aliphatic carbocycles. The van der Waals surface area contributed by atoms with Gasteiger partial charge in [0.2, 0.25) is 0 Å². The lowest BCUT2D eigenvalue weighted by atomic mass is 10.0. The summed E-state index contributed by atoms with van der Waals surface area (Å²) in [5.74, 6) is 0.536. The van der Waals surface area contributed by atoms with Crippen molar-refractivity contribution >= 4 is 11.6 Å².